The first kappa shape index (κ1) is 10.1. The molecule has 0 aromatic heterocycles. The van der Waals surface area contributed by atoms with Crippen molar-refractivity contribution in [1.29, 1.82) is 0 Å². The number of hydrogen-bond donors (Lipinski definition) is 1. The van der Waals surface area contributed by atoms with Crippen LogP contribution in [-0.2, 0) is 0 Å². The average molecular weight is 175 g/mol. The Morgan fingerprint density at radius 1 is 1.60 bits per heavy atom. The first-order valence-electron chi connectivity index (χ1n) is 3.52. The molecule has 1 nitrogen and oxygen atoms in total. The molecule has 0 heterocycles. The molecule has 0 aliphatic rings. The maximum Gasteiger partial charge on any atom is 0.156 e. The largest absolute Gasteiger partial charge is 0.243 e. The van der Waals surface area contributed by atoms with Gasteiger partial charge in [0.15, 0.2) is 4.32 Å². The summed E-state index contributed by atoms with van der Waals surface area (Å²) in [5.74, 6) is 0. The summed E-state index contributed by atoms with van der Waals surface area (Å²) in [5, 5.41) is 0. The third kappa shape index (κ3) is 8.11. The Morgan fingerprint density at radius 3 is 2.80 bits per heavy atom. The van der Waals surface area contributed by atoms with Crippen LogP contribution in [0.2, 0.25) is 0 Å². The first-order valence-corrected chi connectivity index (χ1v) is 4.38. The van der Waals surface area contributed by atoms with Crippen LogP contribution in [0, 0.1) is 0 Å². The molecule has 10 heavy (non-hydrogen) atoms. The second-order valence-electron chi connectivity index (χ2n) is 2.09. The lowest BCUT2D eigenvalue weighted by Crippen LogP contribution is -1.80. The van der Waals surface area contributed by atoms with Crippen molar-refractivity contribution in [3.05, 3.63) is 0 Å². The van der Waals surface area contributed by atoms with E-state index in [0.717, 1.165) is 6.42 Å². The summed E-state index contributed by atoms with van der Waals surface area (Å²) >= 11 is 8.50. The summed E-state index contributed by atoms with van der Waals surface area (Å²) < 4.78 is 0.427. The second-order valence-corrected chi connectivity index (χ2v) is 3.20. The number of thiol groups is 1. The van der Waals surface area contributed by atoms with Crippen molar-refractivity contribution < 1.29 is 0 Å². The molecule has 0 aromatic rings. The highest BCUT2D eigenvalue weighted by Gasteiger charge is 1.82. The highest BCUT2D eigenvalue weighted by atomic mass is 32.1. The Hall–Kier alpha value is 0.110. The van der Waals surface area contributed by atoms with E-state index < -0.39 is 0 Å². The minimum atomic E-state index is 0.427. The van der Waals surface area contributed by atoms with Gasteiger partial charge in [-0.05, 0) is 12.8 Å². The van der Waals surface area contributed by atoms with Gasteiger partial charge in [0, 0.05) is 6.21 Å². The smallest absolute Gasteiger partial charge is 0.156 e. The minimum Gasteiger partial charge on any atom is -0.243 e. The lowest BCUT2D eigenvalue weighted by atomic mass is 10.2. The molecule has 0 aliphatic carbocycles. The van der Waals surface area contributed by atoms with E-state index in [4.69, 9.17) is 0 Å². The second kappa shape index (κ2) is 7.22. The van der Waals surface area contributed by atoms with E-state index in [1.807, 2.05) is 6.21 Å². The van der Waals surface area contributed by atoms with Gasteiger partial charge in [0.2, 0.25) is 0 Å². The summed E-state index contributed by atoms with van der Waals surface area (Å²) in [6.45, 7) is 2.18. The molecule has 0 atom stereocenters. The molecule has 0 saturated carbocycles. The van der Waals surface area contributed by atoms with Gasteiger partial charge in [-0.3, -0.25) is 0 Å². The zero-order chi connectivity index (χ0) is 7.82. The number of aliphatic imine (C=N–C) groups is 1. The predicted molar refractivity (Wildman–Crippen MR) is 54.2 cm³/mol. The summed E-state index contributed by atoms with van der Waals surface area (Å²) in [6.07, 6.45) is 6.58. The van der Waals surface area contributed by atoms with E-state index in [1.165, 1.54) is 19.3 Å². The van der Waals surface area contributed by atoms with Crippen LogP contribution in [0.1, 0.15) is 32.6 Å². The van der Waals surface area contributed by atoms with Crippen molar-refractivity contribution in [2.45, 2.75) is 32.6 Å². The Kier molecular flexibility index (Phi) is 7.30. The number of nitrogens with zero attached hydrogens (tertiary/aromatic N) is 1. The zero-order valence-corrected chi connectivity index (χ0v) is 7.92. The molecule has 0 fully saturated rings. The van der Waals surface area contributed by atoms with E-state index >= 15 is 0 Å². The third-order valence-electron chi connectivity index (χ3n) is 1.14. The minimum absolute atomic E-state index is 0.427. The Labute approximate surface area is 73.3 Å². The van der Waals surface area contributed by atoms with E-state index in [2.05, 4.69) is 36.8 Å². The summed E-state index contributed by atoms with van der Waals surface area (Å²) in [6, 6.07) is 0. The molecule has 0 aromatic carbocycles. The van der Waals surface area contributed by atoms with Crippen LogP contribution in [0.5, 0.6) is 0 Å². The molecule has 0 N–H and O–H groups in total. The fourth-order valence-corrected chi connectivity index (χ4v) is 0.784. The van der Waals surface area contributed by atoms with E-state index in [0.29, 0.717) is 4.32 Å². The highest BCUT2D eigenvalue weighted by Crippen LogP contribution is 1.96. The van der Waals surface area contributed by atoms with Crippen molar-refractivity contribution >= 4 is 35.4 Å². The fourth-order valence-electron chi connectivity index (χ4n) is 0.628. The van der Waals surface area contributed by atoms with Gasteiger partial charge in [-0.2, -0.15) is 0 Å². The third-order valence-corrected chi connectivity index (χ3v) is 1.36. The SMILES string of the molecule is CCCCCC=NC(=S)S. The molecule has 0 bridgehead atoms. The van der Waals surface area contributed by atoms with E-state index in [1.54, 1.807) is 0 Å². The quantitative estimate of drug-likeness (QED) is 0.300. The van der Waals surface area contributed by atoms with Gasteiger partial charge < -0.3 is 0 Å². The molecular weight excluding hydrogens is 162 g/mol. The monoisotopic (exact) mass is 175 g/mol. The van der Waals surface area contributed by atoms with Gasteiger partial charge in [0.25, 0.3) is 0 Å². The average Bonchev–Trinajstić information content (AvgIpc) is 1.87. The van der Waals surface area contributed by atoms with Gasteiger partial charge in [-0.25, -0.2) is 4.99 Å². The Bertz CT molecular complexity index is 121. The van der Waals surface area contributed by atoms with Gasteiger partial charge in [-0.15, -0.1) is 12.6 Å². The Balaban J connectivity index is 3.10. The van der Waals surface area contributed by atoms with Crippen molar-refractivity contribution in [1.82, 2.24) is 0 Å². The van der Waals surface area contributed by atoms with Gasteiger partial charge in [0.1, 0.15) is 0 Å². The molecule has 3 heteroatoms. The molecule has 0 unspecified atom stereocenters. The van der Waals surface area contributed by atoms with Crippen LogP contribution in [0.3, 0.4) is 0 Å². The Morgan fingerprint density at radius 2 is 2.30 bits per heavy atom. The van der Waals surface area contributed by atoms with Gasteiger partial charge in [0.05, 0.1) is 0 Å². The number of rotatable bonds is 4. The summed E-state index contributed by atoms with van der Waals surface area (Å²) in [4.78, 5) is 3.87. The van der Waals surface area contributed by atoms with Gasteiger partial charge in [-0.1, -0.05) is 32.0 Å². The maximum absolute atomic E-state index is 4.64. The predicted octanol–water partition coefficient (Wildman–Crippen LogP) is 2.85. The topological polar surface area (TPSA) is 12.4 Å². The molecule has 0 saturated heterocycles. The van der Waals surface area contributed by atoms with Crippen LogP contribution >= 0.6 is 24.8 Å². The van der Waals surface area contributed by atoms with Crippen LogP contribution in [0.4, 0.5) is 0 Å². The number of unbranched alkanes of at least 4 members (excludes halogenated alkanes) is 3. The molecule has 0 aliphatic heterocycles. The lowest BCUT2D eigenvalue weighted by molar-refractivity contribution is 0.746. The lowest BCUT2D eigenvalue weighted by Gasteiger charge is -1.89. The fraction of sp³-hybridized carbons (Fsp3) is 0.714. The molecule has 0 amide bonds. The molecule has 0 spiro atoms. The van der Waals surface area contributed by atoms with E-state index in [9.17, 15) is 0 Å². The van der Waals surface area contributed by atoms with Crippen LogP contribution in [0.25, 0.3) is 0 Å². The van der Waals surface area contributed by atoms with Crippen LogP contribution in [-0.4, -0.2) is 10.5 Å². The molecule has 0 radical (unpaired) electrons. The summed E-state index contributed by atoms with van der Waals surface area (Å²) in [5.41, 5.74) is 0. The molecule has 58 valence electrons. The highest BCUT2D eigenvalue weighted by molar-refractivity contribution is 8.11. The number of thiocarbonyl (C=S) groups is 1. The first-order chi connectivity index (χ1) is 4.77. The normalized spacial score (nSPS) is 10.6. The van der Waals surface area contributed by atoms with Crippen molar-refractivity contribution in [3.63, 3.8) is 0 Å². The van der Waals surface area contributed by atoms with Crippen LogP contribution < -0.4 is 0 Å². The number of hydrogen-bond acceptors (Lipinski definition) is 1. The zero-order valence-electron chi connectivity index (χ0n) is 6.21. The van der Waals surface area contributed by atoms with Crippen molar-refractivity contribution in [2.75, 3.05) is 0 Å². The molecular formula is C7H13NS2. The summed E-state index contributed by atoms with van der Waals surface area (Å²) in [7, 11) is 0. The van der Waals surface area contributed by atoms with Crippen molar-refractivity contribution in [3.8, 4) is 0 Å². The van der Waals surface area contributed by atoms with Gasteiger partial charge >= 0.3 is 0 Å². The van der Waals surface area contributed by atoms with Crippen molar-refractivity contribution in [2.24, 2.45) is 4.99 Å². The van der Waals surface area contributed by atoms with E-state index in [-0.39, 0.29) is 0 Å². The molecule has 0 rings (SSSR count). The maximum atomic E-state index is 4.64. The van der Waals surface area contributed by atoms with Crippen LogP contribution in [0.15, 0.2) is 4.99 Å². The standard InChI is InChI=1S/C7H13NS2/c1-2-3-4-5-6-8-7(9)10/h6H,2-5H2,1H3,(H,9,10).